The zero-order valence-corrected chi connectivity index (χ0v) is 5.72. The molecule has 1 heteroatoms. The predicted molar refractivity (Wildman–Crippen MR) is 25.5 cm³/mol. The molecular weight excluding hydrogens is 121 g/mol. The third-order valence-electron chi connectivity index (χ3n) is 0.530. The summed E-state index contributed by atoms with van der Waals surface area (Å²) in [5.74, 6) is 0. The molecule has 0 aliphatic heterocycles. The first-order chi connectivity index (χ1) is 2.41. The van der Waals surface area contributed by atoms with Crippen LogP contribution in [0.5, 0.6) is 0 Å². The fourth-order valence-corrected chi connectivity index (χ4v) is 0.919. The topological polar surface area (TPSA) is 0 Å². The molecule has 0 saturated heterocycles. The maximum absolute atomic E-state index is 2.21. The van der Waals surface area contributed by atoms with Gasteiger partial charge in [-0.05, 0) is 0 Å². The molecule has 0 amide bonds. The average molecular weight is 130 g/mol. The van der Waals surface area contributed by atoms with Gasteiger partial charge in [-0.25, -0.2) is 0 Å². The van der Waals surface area contributed by atoms with Gasteiger partial charge in [-0.1, -0.05) is 0 Å². The molecule has 0 fully saturated rings. The number of rotatable bonds is 2. The molecule has 3 radical (unpaired) electrons. The van der Waals surface area contributed by atoms with Gasteiger partial charge in [-0.3, -0.25) is 0 Å². The van der Waals surface area contributed by atoms with Gasteiger partial charge in [-0.15, -0.1) is 0 Å². The minimum atomic E-state index is 1.34. The first-order valence-corrected chi connectivity index (χ1v) is 3.54. The predicted octanol–water partition coefficient (Wildman–Crippen LogP) is 1.37. The molecule has 0 rings (SSSR count). The summed E-state index contributed by atoms with van der Waals surface area (Å²) in [6, 6.07) is 0. The average Bonchev–Trinajstić information content (AvgIpc) is 1.41. The van der Waals surface area contributed by atoms with Gasteiger partial charge in [0.05, 0.1) is 0 Å². The molecule has 0 aromatic rings. The second-order valence-electron chi connectivity index (χ2n) is 1.10. The number of hydrogen-bond acceptors (Lipinski definition) is 0. The molecule has 0 aromatic carbocycles. The van der Waals surface area contributed by atoms with Gasteiger partial charge in [0.1, 0.15) is 0 Å². The summed E-state index contributed by atoms with van der Waals surface area (Å²) >= 11 is 2.21. The molecule has 0 spiro atoms. The van der Waals surface area contributed by atoms with Crippen LogP contribution in [0.15, 0.2) is 0 Å². The van der Waals surface area contributed by atoms with Crippen molar-refractivity contribution in [1.82, 2.24) is 0 Å². The molecule has 0 bridgehead atoms. The van der Waals surface area contributed by atoms with Gasteiger partial charge in [0.2, 0.25) is 0 Å². The fourth-order valence-electron chi connectivity index (χ4n) is 0.177. The standard InChI is InChI=1S/C4H9Ge/c1-2-3-4-5/h2-4H2,1H3. The van der Waals surface area contributed by atoms with Crippen LogP contribution in [0.1, 0.15) is 19.8 Å². The van der Waals surface area contributed by atoms with Crippen molar-refractivity contribution in [3.8, 4) is 0 Å². The zero-order chi connectivity index (χ0) is 4.12. The third kappa shape index (κ3) is 4.54. The summed E-state index contributed by atoms with van der Waals surface area (Å²) in [5, 5.41) is 1.34. The van der Waals surface area contributed by atoms with E-state index in [1.165, 1.54) is 18.1 Å². The van der Waals surface area contributed by atoms with E-state index in [2.05, 4.69) is 23.4 Å². The van der Waals surface area contributed by atoms with E-state index < -0.39 is 0 Å². The molecule has 0 aliphatic carbocycles. The van der Waals surface area contributed by atoms with Crippen LogP contribution >= 0.6 is 0 Å². The summed E-state index contributed by atoms with van der Waals surface area (Å²) in [6.45, 7) is 2.21. The van der Waals surface area contributed by atoms with E-state index in [1.54, 1.807) is 0 Å². The first-order valence-electron chi connectivity index (χ1n) is 2.06. The molecule has 0 aliphatic rings. The monoisotopic (exact) mass is 131 g/mol. The van der Waals surface area contributed by atoms with Crippen molar-refractivity contribution in [2.75, 3.05) is 0 Å². The third-order valence-corrected chi connectivity index (χ3v) is 1.27. The molecule has 0 unspecified atom stereocenters. The van der Waals surface area contributed by atoms with Crippen LogP contribution in [-0.4, -0.2) is 16.5 Å². The van der Waals surface area contributed by atoms with Crippen molar-refractivity contribution in [3.63, 3.8) is 0 Å². The van der Waals surface area contributed by atoms with Gasteiger partial charge in [0, 0.05) is 0 Å². The van der Waals surface area contributed by atoms with Crippen molar-refractivity contribution in [1.29, 1.82) is 0 Å². The van der Waals surface area contributed by atoms with Crippen LogP contribution in [-0.2, 0) is 0 Å². The summed E-state index contributed by atoms with van der Waals surface area (Å²) in [5.41, 5.74) is 0. The fraction of sp³-hybridized carbons (Fsp3) is 1.00. The molecular formula is C4H9Ge. The second kappa shape index (κ2) is 4.54. The van der Waals surface area contributed by atoms with E-state index in [9.17, 15) is 0 Å². The van der Waals surface area contributed by atoms with Crippen molar-refractivity contribution in [2.24, 2.45) is 0 Å². The summed E-state index contributed by atoms with van der Waals surface area (Å²) in [7, 11) is 0. The van der Waals surface area contributed by atoms with E-state index in [-0.39, 0.29) is 0 Å². The van der Waals surface area contributed by atoms with E-state index in [0.717, 1.165) is 0 Å². The maximum atomic E-state index is 2.21. The van der Waals surface area contributed by atoms with Crippen LogP contribution in [0.2, 0.25) is 5.25 Å². The Kier molecular flexibility index (Phi) is 5.04. The molecule has 0 aromatic heterocycles. The van der Waals surface area contributed by atoms with E-state index in [4.69, 9.17) is 0 Å². The Hall–Kier alpha value is 0.543. The summed E-state index contributed by atoms with van der Waals surface area (Å²) in [4.78, 5) is 0. The number of hydrogen-bond donors (Lipinski definition) is 0. The van der Waals surface area contributed by atoms with E-state index >= 15 is 0 Å². The Bertz CT molecular complexity index is 11.1. The summed E-state index contributed by atoms with van der Waals surface area (Å²) in [6.07, 6.45) is 2.73. The van der Waals surface area contributed by atoms with E-state index in [0.29, 0.717) is 0 Å². The van der Waals surface area contributed by atoms with Crippen molar-refractivity contribution in [3.05, 3.63) is 0 Å². The molecule has 0 atom stereocenters. The van der Waals surface area contributed by atoms with Crippen LogP contribution < -0.4 is 0 Å². The van der Waals surface area contributed by atoms with Crippen molar-refractivity contribution in [2.45, 2.75) is 25.0 Å². The normalized spacial score (nSPS) is 8.40. The molecule has 0 N–H and O–H groups in total. The van der Waals surface area contributed by atoms with Crippen LogP contribution in [0.25, 0.3) is 0 Å². The Morgan fingerprint density at radius 3 is 2.20 bits per heavy atom. The van der Waals surface area contributed by atoms with Crippen molar-refractivity contribution >= 4 is 16.5 Å². The van der Waals surface area contributed by atoms with Crippen molar-refractivity contribution < 1.29 is 0 Å². The van der Waals surface area contributed by atoms with Gasteiger partial charge in [0.15, 0.2) is 0 Å². The number of unbranched alkanes of at least 4 members (excludes halogenated alkanes) is 1. The molecule has 0 saturated carbocycles. The van der Waals surface area contributed by atoms with Crippen LogP contribution in [0.3, 0.4) is 0 Å². The van der Waals surface area contributed by atoms with Gasteiger partial charge in [-0.2, -0.15) is 0 Å². The van der Waals surface area contributed by atoms with Crippen LogP contribution in [0, 0.1) is 0 Å². The molecule has 5 heavy (non-hydrogen) atoms. The quantitative estimate of drug-likeness (QED) is 0.495. The summed E-state index contributed by atoms with van der Waals surface area (Å²) < 4.78 is 0. The minimum absolute atomic E-state index is 1.34. The second-order valence-corrected chi connectivity index (χ2v) is 2.15. The molecule has 29 valence electrons. The SMILES string of the molecule is CCC[CH2][Ge]. The zero-order valence-electron chi connectivity index (χ0n) is 3.62. The Labute approximate surface area is 42.2 Å². The Morgan fingerprint density at radius 1 is 1.60 bits per heavy atom. The molecule has 0 heterocycles. The van der Waals surface area contributed by atoms with Crippen LogP contribution in [0.4, 0.5) is 0 Å². The van der Waals surface area contributed by atoms with Gasteiger partial charge in [0.25, 0.3) is 0 Å². The Morgan fingerprint density at radius 2 is 2.20 bits per heavy atom. The van der Waals surface area contributed by atoms with Gasteiger partial charge >= 0.3 is 41.5 Å². The van der Waals surface area contributed by atoms with E-state index in [1.807, 2.05) is 0 Å². The Balaban J connectivity index is 2.19. The van der Waals surface area contributed by atoms with Gasteiger partial charge < -0.3 is 0 Å². The first kappa shape index (κ1) is 5.54. The molecule has 0 nitrogen and oxygen atoms in total.